The number of carbonyl (C=O) groups excluding carboxylic acids is 1. The molecule has 17 heavy (non-hydrogen) atoms. The first kappa shape index (κ1) is 16.6. The molecule has 0 unspecified atom stereocenters. The third-order valence-electron chi connectivity index (χ3n) is 1.63. The van der Waals surface area contributed by atoms with Crippen LogP contribution in [0.2, 0.25) is 0 Å². The second-order valence-electron chi connectivity index (χ2n) is 2.73. The van der Waals surface area contributed by atoms with Gasteiger partial charge in [0.15, 0.2) is 0 Å². The molecule has 0 fully saturated rings. The number of nitrogens with zero attached hydrogens (tertiary/aromatic N) is 1. The molecule has 7 heteroatoms. The first-order chi connectivity index (χ1) is 7.75. The number of carboxylic acids is 1. The largest absolute Gasteiger partial charge is 1.00 e. The van der Waals surface area contributed by atoms with Crippen molar-refractivity contribution in [3.05, 3.63) is 22.4 Å². The van der Waals surface area contributed by atoms with Crippen molar-refractivity contribution in [1.82, 2.24) is 0 Å². The van der Waals surface area contributed by atoms with Gasteiger partial charge in [-0.2, -0.15) is 0 Å². The van der Waals surface area contributed by atoms with E-state index in [1.54, 1.807) is 17.5 Å². The Labute approximate surface area is 126 Å². The van der Waals surface area contributed by atoms with Crippen LogP contribution in [-0.2, 0) is 14.4 Å². The zero-order valence-electron chi connectivity index (χ0n) is 9.84. The maximum absolute atomic E-state index is 10.8. The fraction of sp³-hybridized carbons (Fsp3) is 0.400. The SMILES string of the molecule is CCOCCON=C(C(=O)[O-])c1cccs1.[Na+]. The molecule has 0 aliphatic carbocycles. The van der Waals surface area contributed by atoms with E-state index >= 15 is 0 Å². The zero-order valence-corrected chi connectivity index (χ0v) is 12.7. The van der Waals surface area contributed by atoms with Crippen molar-refractivity contribution in [3.8, 4) is 0 Å². The van der Waals surface area contributed by atoms with E-state index in [2.05, 4.69) is 5.16 Å². The Morgan fingerprint density at radius 1 is 1.53 bits per heavy atom. The molecule has 0 saturated heterocycles. The summed E-state index contributed by atoms with van der Waals surface area (Å²) in [6.45, 7) is 3.05. The monoisotopic (exact) mass is 265 g/mol. The molecule has 0 saturated carbocycles. The molecule has 0 atom stereocenters. The van der Waals surface area contributed by atoms with Crippen LogP contribution >= 0.6 is 11.3 Å². The van der Waals surface area contributed by atoms with E-state index in [0.29, 0.717) is 18.1 Å². The predicted octanol–water partition coefficient (Wildman–Crippen LogP) is -2.74. The van der Waals surface area contributed by atoms with Gasteiger partial charge in [-0.3, -0.25) is 0 Å². The first-order valence-corrected chi connectivity index (χ1v) is 5.66. The second kappa shape index (κ2) is 9.61. The van der Waals surface area contributed by atoms with Gasteiger partial charge in [-0.25, -0.2) is 0 Å². The molecule has 5 nitrogen and oxygen atoms in total. The van der Waals surface area contributed by atoms with Crippen molar-refractivity contribution < 1.29 is 49.0 Å². The molecule has 0 radical (unpaired) electrons. The Balaban J connectivity index is 0.00000256. The fourth-order valence-corrected chi connectivity index (χ4v) is 1.64. The van der Waals surface area contributed by atoms with Crippen molar-refractivity contribution in [3.63, 3.8) is 0 Å². The molecule has 1 aromatic heterocycles. The van der Waals surface area contributed by atoms with Gasteiger partial charge in [0.25, 0.3) is 0 Å². The van der Waals surface area contributed by atoms with Gasteiger partial charge in [0, 0.05) is 6.61 Å². The number of hydrogen-bond donors (Lipinski definition) is 0. The molecule has 0 bridgehead atoms. The van der Waals surface area contributed by atoms with E-state index in [4.69, 9.17) is 9.57 Å². The molecule has 1 heterocycles. The minimum Gasteiger partial charge on any atom is -0.543 e. The Morgan fingerprint density at radius 2 is 2.29 bits per heavy atom. The van der Waals surface area contributed by atoms with E-state index in [1.165, 1.54) is 11.3 Å². The van der Waals surface area contributed by atoms with Crippen LogP contribution in [-0.4, -0.2) is 31.5 Å². The fourth-order valence-electron chi connectivity index (χ4n) is 0.947. The average molecular weight is 265 g/mol. The summed E-state index contributed by atoms with van der Waals surface area (Å²) in [5.41, 5.74) is -0.188. The summed E-state index contributed by atoms with van der Waals surface area (Å²) in [5.74, 6) is -1.35. The van der Waals surface area contributed by atoms with Crippen LogP contribution in [0, 0.1) is 0 Å². The van der Waals surface area contributed by atoms with Gasteiger partial charge in [-0.05, 0) is 18.4 Å². The molecule has 0 aromatic carbocycles. The molecular formula is C10H12NNaO4S. The molecule has 1 aromatic rings. The van der Waals surface area contributed by atoms with Crippen molar-refractivity contribution in [2.24, 2.45) is 5.16 Å². The van der Waals surface area contributed by atoms with Crippen LogP contribution in [0.15, 0.2) is 22.7 Å². The maximum atomic E-state index is 10.8. The Morgan fingerprint density at radius 3 is 2.82 bits per heavy atom. The molecular weight excluding hydrogens is 253 g/mol. The van der Waals surface area contributed by atoms with Crippen molar-refractivity contribution in [2.75, 3.05) is 19.8 Å². The topological polar surface area (TPSA) is 71.0 Å². The van der Waals surface area contributed by atoms with E-state index < -0.39 is 5.97 Å². The second-order valence-corrected chi connectivity index (χ2v) is 3.68. The smallest absolute Gasteiger partial charge is 0.543 e. The number of hydrogen-bond acceptors (Lipinski definition) is 6. The third-order valence-corrected chi connectivity index (χ3v) is 2.50. The van der Waals surface area contributed by atoms with Gasteiger partial charge in [0.1, 0.15) is 12.3 Å². The third kappa shape index (κ3) is 6.18. The van der Waals surface area contributed by atoms with Crippen molar-refractivity contribution in [2.45, 2.75) is 6.92 Å². The predicted molar refractivity (Wildman–Crippen MR) is 58.3 cm³/mol. The Kier molecular flexibility index (Phi) is 9.39. The number of carbonyl (C=O) groups is 1. The van der Waals surface area contributed by atoms with E-state index in [0.717, 1.165) is 0 Å². The van der Waals surface area contributed by atoms with Gasteiger partial charge in [0.2, 0.25) is 0 Å². The first-order valence-electron chi connectivity index (χ1n) is 4.78. The number of carboxylic acid groups (broad SMARTS) is 1. The maximum Gasteiger partial charge on any atom is 1.00 e. The molecule has 88 valence electrons. The van der Waals surface area contributed by atoms with Crippen molar-refractivity contribution >= 4 is 23.0 Å². The summed E-state index contributed by atoms with van der Waals surface area (Å²) >= 11 is 1.26. The van der Waals surface area contributed by atoms with Gasteiger partial charge in [-0.1, -0.05) is 11.2 Å². The molecule has 0 aliphatic heterocycles. The van der Waals surface area contributed by atoms with Crippen LogP contribution < -0.4 is 34.7 Å². The van der Waals surface area contributed by atoms with Gasteiger partial charge in [-0.15, -0.1) is 11.3 Å². The van der Waals surface area contributed by atoms with Crippen LogP contribution in [0.4, 0.5) is 0 Å². The minimum atomic E-state index is -1.35. The van der Waals surface area contributed by atoms with Gasteiger partial charge < -0.3 is 19.5 Å². The van der Waals surface area contributed by atoms with E-state index in [9.17, 15) is 9.90 Å². The quantitative estimate of drug-likeness (QED) is 0.232. The molecule has 0 aliphatic rings. The zero-order chi connectivity index (χ0) is 11.8. The number of ether oxygens (including phenoxy) is 1. The van der Waals surface area contributed by atoms with Gasteiger partial charge >= 0.3 is 29.6 Å². The minimum absolute atomic E-state index is 0. The van der Waals surface area contributed by atoms with Crippen molar-refractivity contribution in [1.29, 1.82) is 0 Å². The van der Waals surface area contributed by atoms with Crippen LogP contribution in [0.3, 0.4) is 0 Å². The summed E-state index contributed by atoms with van der Waals surface area (Å²) in [6.07, 6.45) is 0. The van der Waals surface area contributed by atoms with Crippen LogP contribution in [0.25, 0.3) is 0 Å². The van der Waals surface area contributed by atoms with E-state index in [-0.39, 0.29) is 41.9 Å². The molecule has 0 spiro atoms. The van der Waals surface area contributed by atoms with Gasteiger partial charge in [0.05, 0.1) is 17.5 Å². The number of rotatable bonds is 7. The Bertz CT molecular complexity index is 353. The van der Waals surface area contributed by atoms with E-state index in [1.807, 2.05) is 6.92 Å². The van der Waals surface area contributed by atoms with Crippen LogP contribution in [0.5, 0.6) is 0 Å². The summed E-state index contributed by atoms with van der Waals surface area (Å²) in [7, 11) is 0. The standard InChI is InChI=1S/C10H13NO4S.Na/c1-2-14-5-6-15-11-9(10(12)13)8-4-3-7-16-8;/h3-4,7H,2,5-6H2,1H3,(H,12,13);/q;+1/p-1. The summed E-state index contributed by atoms with van der Waals surface area (Å²) < 4.78 is 5.01. The number of aliphatic carboxylic acids is 1. The summed E-state index contributed by atoms with van der Waals surface area (Å²) in [6, 6.07) is 3.38. The summed E-state index contributed by atoms with van der Waals surface area (Å²) in [4.78, 5) is 16.1. The number of thiophene rings is 1. The molecule has 1 rings (SSSR count). The molecule has 0 N–H and O–H groups in total. The Hall–Kier alpha value is -0.400. The van der Waals surface area contributed by atoms with Crippen LogP contribution in [0.1, 0.15) is 11.8 Å². The number of oxime groups is 1. The summed E-state index contributed by atoms with van der Waals surface area (Å²) in [5, 5.41) is 16.1. The normalized spacial score (nSPS) is 10.8. The molecule has 0 amide bonds. The average Bonchev–Trinajstić information content (AvgIpc) is 2.76.